The Hall–Kier alpha value is -0.0400. The zero-order valence-corrected chi connectivity index (χ0v) is 9.35. The smallest absolute Gasteiger partial charge is 0.129 e. The van der Waals surface area contributed by atoms with E-state index in [4.69, 9.17) is 0 Å². The fraction of sp³-hybridized carbons (Fsp3) is 1.00. The Morgan fingerprint density at radius 2 is 1.67 bits per heavy atom. The number of quaternary nitrogens is 1. The molecule has 0 N–H and O–H groups in total. The lowest BCUT2D eigenvalue weighted by Crippen LogP contribution is -2.36. The Morgan fingerprint density at radius 1 is 1.17 bits per heavy atom. The molecule has 0 aliphatic carbocycles. The van der Waals surface area contributed by atoms with Gasteiger partial charge in [-0.25, -0.2) is 0 Å². The Balaban J connectivity index is 2.32. The van der Waals surface area contributed by atoms with E-state index in [1.165, 1.54) is 30.5 Å². The standard InChI is InChI=1S/C11H24N/c1-10(2)12(8-9-12)7-6-11(3,4)5/h10H,6-9H2,1-5H3/q+1. The molecular formula is C11H24N+. The summed E-state index contributed by atoms with van der Waals surface area (Å²) in [5.74, 6) is 0. The average Bonchev–Trinajstić information content (AvgIpc) is 2.61. The Morgan fingerprint density at radius 3 is 1.92 bits per heavy atom. The summed E-state index contributed by atoms with van der Waals surface area (Å²) in [5, 5.41) is 0. The molecule has 1 heterocycles. The minimum atomic E-state index is 0.517. The Kier molecular flexibility index (Phi) is 2.53. The van der Waals surface area contributed by atoms with Crippen LogP contribution < -0.4 is 0 Å². The van der Waals surface area contributed by atoms with Gasteiger partial charge in [-0.1, -0.05) is 20.8 Å². The van der Waals surface area contributed by atoms with E-state index in [1.54, 1.807) is 0 Å². The minimum absolute atomic E-state index is 0.517. The Bertz CT molecular complexity index is 149. The van der Waals surface area contributed by atoms with Crippen LogP contribution in [-0.4, -0.2) is 30.2 Å². The third-order valence-corrected chi connectivity index (χ3v) is 3.20. The number of hydrogen-bond acceptors (Lipinski definition) is 0. The van der Waals surface area contributed by atoms with Crippen LogP contribution >= 0.6 is 0 Å². The van der Waals surface area contributed by atoms with Crippen LogP contribution in [0, 0.1) is 5.41 Å². The van der Waals surface area contributed by atoms with Gasteiger partial charge in [-0.3, -0.25) is 0 Å². The molecule has 1 saturated heterocycles. The maximum absolute atomic E-state index is 2.36. The maximum atomic E-state index is 2.36. The van der Waals surface area contributed by atoms with Gasteiger partial charge in [0.2, 0.25) is 0 Å². The first-order valence-corrected chi connectivity index (χ1v) is 5.22. The summed E-state index contributed by atoms with van der Waals surface area (Å²) in [5.41, 5.74) is 0.517. The molecule has 0 unspecified atom stereocenters. The summed E-state index contributed by atoms with van der Waals surface area (Å²) in [6.07, 6.45) is 1.37. The van der Waals surface area contributed by atoms with Crippen molar-refractivity contribution in [1.82, 2.24) is 0 Å². The molecule has 0 radical (unpaired) electrons. The van der Waals surface area contributed by atoms with Gasteiger partial charge in [0.15, 0.2) is 0 Å². The van der Waals surface area contributed by atoms with E-state index in [9.17, 15) is 0 Å². The van der Waals surface area contributed by atoms with Gasteiger partial charge in [0, 0.05) is 6.42 Å². The molecule has 0 atom stereocenters. The number of rotatable bonds is 3. The van der Waals surface area contributed by atoms with Gasteiger partial charge in [0.25, 0.3) is 0 Å². The lowest BCUT2D eigenvalue weighted by atomic mass is 9.92. The molecular weight excluding hydrogens is 146 g/mol. The largest absolute Gasteiger partial charge is 0.312 e. The predicted octanol–water partition coefficient (Wildman–Crippen LogP) is 2.66. The maximum Gasteiger partial charge on any atom is 0.129 e. The van der Waals surface area contributed by atoms with Crippen LogP contribution in [0.15, 0.2) is 0 Å². The van der Waals surface area contributed by atoms with Crippen molar-refractivity contribution in [2.75, 3.05) is 19.6 Å². The molecule has 0 aromatic heterocycles. The molecule has 0 spiro atoms. The number of nitrogens with zero attached hydrogens (tertiary/aromatic N) is 1. The van der Waals surface area contributed by atoms with Crippen LogP contribution in [0.3, 0.4) is 0 Å². The molecule has 12 heavy (non-hydrogen) atoms. The molecule has 1 heteroatoms. The topological polar surface area (TPSA) is 0 Å². The first kappa shape index (κ1) is 10.0. The lowest BCUT2D eigenvalue weighted by Gasteiger charge is -2.27. The molecule has 0 saturated carbocycles. The summed E-state index contributed by atoms with van der Waals surface area (Å²) in [6.45, 7) is 16.0. The van der Waals surface area contributed by atoms with Crippen molar-refractivity contribution in [3.8, 4) is 0 Å². The van der Waals surface area contributed by atoms with Gasteiger partial charge in [-0.2, -0.15) is 0 Å². The third kappa shape index (κ3) is 2.48. The fourth-order valence-electron chi connectivity index (χ4n) is 1.68. The highest BCUT2D eigenvalue weighted by molar-refractivity contribution is 4.66. The SMILES string of the molecule is CC(C)[N+]1(CCC(C)(C)C)CC1. The monoisotopic (exact) mass is 170 g/mol. The second-order valence-corrected chi connectivity index (χ2v) is 5.79. The number of hydrogen-bond donors (Lipinski definition) is 0. The zero-order chi connectivity index (χ0) is 9.41. The second-order valence-electron chi connectivity index (χ2n) is 5.79. The van der Waals surface area contributed by atoms with Gasteiger partial charge in [0.05, 0.1) is 12.6 Å². The lowest BCUT2D eigenvalue weighted by molar-refractivity contribution is -0.824. The highest BCUT2D eigenvalue weighted by Gasteiger charge is 2.44. The second kappa shape index (κ2) is 3.02. The predicted molar refractivity (Wildman–Crippen MR) is 54.1 cm³/mol. The third-order valence-electron chi connectivity index (χ3n) is 3.20. The van der Waals surface area contributed by atoms with Crippen LogP contribution in [0.4, 0.5) is 0 Å². The van der Waals surface area contributed by atoms with Crippen LogP contribution in [0.5, 0.6) is 0 Å². The van der Waals surface area contributed by atoms with Gasteiger partial charge in [0.1, 0.15) is 13.1 Å². The first-order valence-electron chi connectivity index (χ1n) is 5.22. The van der Waals surface area contributed by atoms with Crippen LogP contribution in [0.2, 0.25) is 0 Å². The molecule has 1 aliphatic rings. The molecule has 1 nitrogen and oxygen atoms in total. The summed E-state index contributed by atoms with van der Waals surface area (Å²) in [6, 6.07) is 0.840. The van der Waals surface area contributed by atoms with Crippen LogP contribution in [0.1, 0.15) is 41.0 Å². The molecule has 0 aromatic rings. The van der Waals surface area contributed by atoms with E-state index >= 15 is 0 Å². The van der Waals surface area contributed by atoms with Gasteiger partial charge < -0.3 is 4.48 Å². The molecule has 1 rings (SSSR count). The summed E-state index contributed by atoms with van der Waals surface area (Å²) < 4.78 is 1.39. The van der Waals surface area contributed by atoms with Crippen LogP contribution in [-0.2, 0) is 0 Å². The van der Waals surface area contributed by atoms with Crippen molar-refractivity contribution >= 4 is 0 Å². The molecule has 0 amide bonds. The van der Waals surface area contributed by atoms with Gasteiger partial charge >= 0.3 is 0 Å². The highest BCUT2D eigenvalue weighted by Crippen LogP contribution is 2.30. The van der Waals surface area contributed by atoms with E-state index in [0.29, 0.717) is 5.41 Å². The Labute approximate surface area is 77.4 Å². The summed E-state index contributed by atoms with van der Waals surface area (Å²) >= 11 is 0. The van der Waals surface area contributed by atoms with E-state index in [1.807, 2.05) is 0 Å². The van der Waals surface area contributed by atoms with Crippen molar-refractivity contribution in [3.05, 3.63) is 0 Å². The van der Waals surface area contributed by atoms with Crippen molar-refractivity contribution < 1.29 is 4.48 Å². The van der Waals surface area contributed by atoms with Crippen molar-refractivity contribution in [2.45, 2.75) is 47.1 Å². The molecule has 0 bridgehead atoms. The van der Waals surface area contributed by atoms with E-state index < -0.39 is 0 Å². The molecule has 72 valence electrons. The molecule has 1 aliphatic heterocycles. The van der Waals surface area contributed by atoms with Crippen molar-refractivity contribution in [1.29, 1.82) is 0 Å². The normalized spacial score (nSPS) is 21.5. The summed E-state index contributed by atoms with van der Waals surface area (Å²) in [7, 11) is 0. The average molecular weight is 170 g/mol. The fourth-order valence-corrected chi connectivity index (χ4v) is 1.68. The van der Waals surface area contributed by atoms with Crippen molar-refractivity contribution in [3.63, 3.8) is 0 Å². The van der Waals surface area contributed by atoms with Gasteiger partial charge in [-0.15, -0.1) is 0 Å². The van der Waals surface area contributed by atoms with E-state index in [-0.39, 0.29) is 0 Å². The van der Waals surface area contributed by atoms with E-state index in [0.717, 1.165) is 6.04 Å². The van der Waals surface area contributed by atoms with Gasteiger partial charge in [-0.05, 0) is 19.3 Å². The molecule has 1 fully saturated rings. The quantitative estimate of drug-likeness (QED) is 0.451. The van der Waals surface area contributed by atoms with E-state index in [2.05, 4.69) is 34.6 Å². The van der Waals surface area contributed by atoms with Crippen molar-refractivity contribution in [2.24, 2.45) is 5.41 Å². The van der Waals surface area contributed by atoms with Crippen LogP contribution in [0.25, 0.3) is 0 Å². The first-order chi connectivity index (χ1) is 5.36. The molecule has 0 aromatic carbocycles. The summed E-state index contributed by atoms with van der Waals surface area (Å²) in [4.78, 5) is 0. The zero-order valence-electron chi connectivity index (χ0n) is 9.35. The highest BCUT2D eigenvalue weighted by atomic mass is 15.5. The minimum Gasteiger partial charge on any atom is -0.312 e.